The van der Waals surface area contributed by atoms with E-state index in [0.29, 0.717) is 18.3 Å². The van der Waals surface area contributed by atoms with Gasteiger partial charge in [-0.15, -0.1) is 13.2 Å². The summed E-state index contributed by atoms with van der Waals surface area (Å²) >= 11 is 0. The minimum absolute atomic E-state index is 0.0990. The van der Waals surface area contributed by atoms with Gasteiger partial charge in [-0.2, -0.15) is 0 Å². The van der Waals surface area contributed by atoms with Crippen molar-refractivity contribution < 1.29 is 26.7 Å². The van der Waals surface area contributed by atoms with Gasteiger partial charge < -0.3 is 4.74 Å². The van der Waals surface area contributed by atoms with Gasteiger partial charge in [0.05, 0.1) is 0 Å². The van der Waals surface area contributed by atoms with Crippen molar-refractivity contribution in [1.29, 1.82) is 0 Å². The lowest BCUT2D eigenvalue weighted by atomic mass is 9.78. The minimum atomic E-state index is -4.67. The molecule has 1 aliphatic carbocycles. The molecule has 0 unspecified atom stereocenters. The van der Waals surface area contributed by atoms with Crippen molar-refractivity contribution in [2.75, 3.05) is 0 Å². The second-order valence-corrected chi connectivity index (χ2v) is 6.13. The van der Waals surface area contributed by atoms with Crippen molar-refractivity contribution in [2.24, 2.45) is 5.92 Å². The van der Waals surface area contributed by atoms with Crippen LogP contribution in [0, 0.1) is 5.92 Å². The average molecular weight is 348 g/mol. The van der Waals surface area contributed by atoms with Crippen LogP contribution in [0.15, 0.2) is 36.4 Å². The fourth-order valence-corrected chi connectivity index (χ4v) is 3.10. The standard InChI is InChI=1S/C18H21F5O/c19-17(20)4-2-1-3-13-5-7-14(8-6-13)15-9-11-16(12-10-15)24-18(21,22)23/h1,3,9-14,17H,2,4-8H2/b3-1+. The Balaban J connectivity index is 1.79. The van der Waals surface area contributed by atoms with Crippen molar-refractivity contribution in [3.05, 3.63) is 42.0 Å². The highest BCUT2D eigenvalue weighted by molar-refractivity contribution is 5.30. The molecule has 0 spiro atoms. The van der Waals surface area contributed by atoms with E-state index >= 15 is 0 Å². The number of halogens is 5. The normalized spacial score (nSPS) is 22.2. The van der Waals surface area contributed by atoms with E-state index in [-0.39, 0.29) is 12.2 Å². The SMILES string of the molecule is FC(F)CC/C=C/C1CCC(c2ccc(OC(F)(F)F)cc2)CC1. The Labute approximate surface area is 138 Å². The van der Waals surface area contributed by atoms with Crippen LogP contribution in [-0.4, -0.2) is 12.8 Å². The van der Waals surface area contributed by atoms with Crippen molar-refractivity contribution in [3.8, 4) is 5.75 Å². The lowest BCUT2D eigenvalue weighted by Gasteiger charge is -2.27. The van der Waals surface area contributed by atoms with Crippen molar-refractivity contribution in [2.45, 2.75) is 57.2 Å². The number of rotatable bonds is 6. The van der Waals surface area contributed by atoms with Gasteiger partial charge in [0.15, 0.2) is 0 Å². The zero-order valence-corrected chi connectivity index (χ0v) is 13.2. The first kappa shape index (κ1) is 18.7. The predicted octanol–water partition coefficient (Wildman–Crippen LogP) is 6.46. The summed E-state index contributed by atoms with van der Waals surface area (Å²) in [7, 11) is 0. The predicted molar refractivity (Wildman–Crippen MR) is 82.2 cm³/mol. The summed E-state index contributed by atoms with van der Waals surface area (Å²) in [5, 5.41) is 0. The van der Waals surface area contributed by atoms with Gasteiger partial charge in [0.2, 0.25) is 6.43 Å². The van der Waals surface area contributed by atoms with Crippen LogP contribution >= 0.6 is 0 Å². The third-order valence-electron chi connectivity index (χ3n) is 4.32. The van der Waals surface area contributed by atoms with Crippen molar-refractivity contribution in [3.63, 3.8) is 0 Å². The van der Waals surface area contributed by atoms with Gasteiger partial charge in [-0.25, -0.2) is 8.78 Å². The molecular weight excluding hydrogens is 327 g/mol. The lowest BCUT2D eigenvalue weighted by Crippen LogP contribution is -2.17. The van der Waals surface area contributed by atoms with Crippen LogP contribution in [0.1, 0.15) is 50.0 Å². The van der Waals surface area contributed by atoms with E-state index in [0.717, 1.165) is 31.2 Å². The monoisotopic (exact) mass is 348 g/mol. The van der Waals surface area contributed by atoms with Crippen LogP contribution in [0.5, 0.6) is 5.75 Å². The molecule has 6 heteroatoms. The molecule has 1 aromatic carbocycles. The van der Waals surface area contributed by atoms with Crippen molar-refractivity contribution >= 4 is 0 Å². The number of allylic oxidation sites excluding steroid dienone is 2. The second kappa shape index (κ2) is 8.49. The van der Waals surface area contributed by atoms with E-state index in [2.05, 4.69) is 4.74 Å². The average Bonchev–Trinajstić information content (AvgIpc) is 2.51. The molecular formula is C18H21F5O. The molecule has 0 atom stereocenters. The first-order valence-electron chi connectivity index (χ1n) is 8.14. The van der Waals surface area contributed by atoms with Gasteiger partial charge in [0.1, 0.15) is 5.75 Å². The van der Waals surface area contributed by atoms with Crippen LogP contribution in [-0.2, 0) is 0 Å². The molecule has 24 heavy (non-hydrogen) atoms. The fraction of sp³-hybridized carbons (Fsp3) is 0.556. The summed E-state index contributed by atoms with van der Waals surface area (Å²) in [6.07, 6.45) is 1.07. The zero-order valence-electron chi connectivity index (χ0n) is 13.2. The number of benzene rings is 1. The Bertz CT molecular complexity index is 513. The first-order chi connectivity index (χ1) is 11.3. The van der Waals surface area contributed by atoms with E-state index in [1.807, 2.05) is 12.2 Å². The summed E-state index contributed by atoms with van der Waals surface area (Å²) in [5.41, 5.74) is 1.02. The largest absolute Gasteiger partial charge is 0.573 e. The van der Waals surface area contributed by atoms with Crippen LogP contribution in [0.2, 0.25) is 0 Å². The van der Waals surface area contributed by atoms with Crippen LogP contribution in [0.4, 0.5) is 22.0 Å². The molecule has 1 aliphatic rings. The quantitative estimate of drug-likeness (QED) is 0.423. The molecule has 1 fully saturated rings. The molecule has 0 aromatic heterocycles. The van der Waals surface area contributed by atoms with Gasteiger partial charge in [-0.3, -0.25) is 0 Å². The maximum Gasteiger partial charge on any atom is 0.573 e. The summed E-state index contributed by atoms with van der Waals surface area (Å²) < 4.78 is 64.4. The Morgan fingerprint density at radius 3 is 2.21 bits per heavy atom. The van der Waals surface area contributed by atoms with Gasteiger partial charge in [-0.1, -0.05) is 24.3 Å². The molecule has 0 saturated heterocycles. The van der Waals surface area contributed by atoms with Crippen LogP contribution < -0.4 is 4.74 Å². The fourth-order valence-electron chi connectivity index (χ4n) is 3.10. The zero-order chi connectivity index (χ0) is 17.6. The van der Waals surface area contributed by atoms with Gasteiger partial charge in [-0.05, 0) is 61.6 Å². The van der Waals surface area contributed by atoms with E-state index in [4.69, 9.17) is 0 Å². The smallest absolute Gasteiger partial charge is 0.406 e. The minimum Gasteiger partial charge on any atom is -0.406 e. The molecule has 134 valence electrons. The van der Waals surface area contributed by atoms with E-state index < -0.39 is 12.8 Å². The molecule has 0 N–H and O–H groups in total. The molecule has 1 saturated carbocycles. The van der Waals surface area contributed by atoms with Crippen LogP contribution in [0.25, 0.3) is 0 Å². The summed E-state index contributed by atoms with van der Waals surface area (Å²) in [4.78, 5) is 0. The first-order valence-corrected chi connectivity index (χ1v) is 8.14. The van der Waals surface area contributed by atoms with Crippen LogP contribution in [0.3, 0.4) is 0 Å². The van der Waals surface area contributed by atoms with Gasteiger partial charge in [0.25, 0.3) is 0 Å². The molecule has 0 heterocycles. The maximum absolute atomic E-state index is 12.1. The third kappa shape index (κ3) is 6.49. The van der Waals surface area contributed by atoms with Crippen molar-refractivity contribution in [1.82, 2.24) is 0 Å². The highest BCUT2D eigenvalue weighted by Crippen LogP contribution is 2.37. The number of ether oxygens (including phenoxy) is 1. The number of hydrogen-bond acceptors (Lipinski definition) is 1. The summed E-state index contributed by atoms with van der Waals surface area (Å²) in [6, 6.07) is 6.06. The van der Waals surface area contributed by atoms with Gasteiger partial charge >= 0.3 is 6.36 Å². The Morgan fingerprint density at radius 2 is 1.67 bits per heavy atom. The Hall–Kier alpha value is -1.59. The highest BCUT2D eigenvalue weighted by Gasteiger charge is 2.31. The number of alkyl halides is 5. The molecule has 1 nitrogen and oxygen atoms in total. The van der Waals surface area contributed by atoms with Gasteiger partial charge in [0, 0.05) is 6.42 Å². The van der Waals surface area contributed by atoms with E-state index in [9.17, 15) is 22.0 Å². The molecule has 0 amide bonds. The van der Waals surface area contributed by atoms with E-state index in [1.165, 1.54) is 12.1 Å². The second-order valence-electron chi connectivity index (χ2n) is 6.13. The highest BCUT2D eigenvalue weighted by atomic mass is 19.4. The molecule has 1 aromatic rings. The molecule has 2 rings (SSSR count). The third-order valence-corrected chi connectivity index (χ3v) is 4.32. The summed E-state index contributed by atoms with van der Waals surface area (Å²) in [6.45, 7) is 0. The maximum atomic E-state index is 12.1. The number of hydrogen-bond donors (Lipinski definition) is 0. The molecule has 0 bridgehead atoms. The Kier molecular flexibility index (Phi) is 6.63. The molecule has 0 aliphatic heterocycles. The molecule has 0 radical (unpaired) electrons. The summed E-state index contributed by atoms with van der Waals surface area (Å²) in [5.74, 6) is 0.532. The topological polar surface area (TPSA) is 9.23 Å². The van der Waals surface area contributed by atoms with E-state index in [1.54, 1.807) is 12.1 Å². The Morgan fingerprint density at radius 1 is 1.04 bits per heavy atom. The lowest BCUT2D eigenvalue weighted by molar-refractivity contribution is -0.274.